The fraction of sp³-hybridized carbons (Fsp3) is 0.467. The number of anilines is 1. The van der Waals surface area contributed by atoms with Crippen LogP contribution in [-0.4, -0.2) is 37.5 Å². The average Bonchev–Trinajstić information content (AvgIpc) is 2.35. The summed E-state index contributed by atoms with van der Waals surface area (Å²) in [5.41, 5.74) is 0.536. The summed E-state index contributed by atoms with van der Waals surface area (Å²) < 4.78 is 0. The molecule has 0 saturated heterocycles. The molecule has 0 aliphatic carbocycles. The van der Waals surface area contributed by atoms with Gasteiger partial charge in [0.2, 0.25) is 0 Å². The molecule has 0 heterocycles. The Kier molecular flexibility index (Phi) is 7.13. The third-order valence-corrected chi connectivity index (χ3v) is 3.59. The minimum Gasteiger partial charge on any atom is -0.349 e. The van der Waals surface area contributed by atoms with Gasteiger partial charge in [-0.15, -0.1) is 0 Å². The molecule has 7 heteroatoms. The van der Waals surface area contributed by atoms with Gasteiger partial charge in [-0.05, 0) is 39.0 Å². The highest BCUT2D eigenvalue weighted by molar-refractivity contribution is 6.35. The molecule has 0 aliphatic rings. The number of rotatable bonds is 6. The third kappa shape index (κ3) is 6.22. The van der Waals surface area contributed by atoms with E-state index in [1.807, 2.05) is 13.8 Å². The van der Waals surface area contributed by atoms with Crippen LogP contribution < -0.4 is 15.5 Å². The second kappa shape index (κ2) is 8.36. The van der Waals surface area contributed by atoms with Gasteiger partial charge in [0.1, 0.15) is 0 Å². The first kappa shape index (κ1) is 18.7. The van der Waals surface area contributed by atoms with E-state index >= 15 is 0 Å². The number of likely N-dealkylation sites (N-methyl/N-ethyl adjacent to an activating group) is 1. The van der Waals surface area contributed by atoms with Crippen molar-refractivity contribution < 1.29 is 14.5 Å². The van der Waals surface area contributed by atoms with E-state index in [0.717, 1.165) is 4.90 Å². The van der Waals surface area contributed by atoms with Gasteiger partial charge in [0.15, 0.2) is 12.6 Å². The van der Waals surface area contributed by atoms with Crippen molar-refractivity contribution in [2.45, 2.75) is 32.9 Å². The second-order valence-corrected chi connectivity index (χ2v) is 6.49. The zero-order chi connectivity index (χ0) is 16.9. The van der Waals surface area contributed by atoms with Crippen molar-refractivity contribution in [3.05, 3.63) is 28.2 Å². The van der Waals surface area contributed by atoms with Crippen LogP contribution in [0.4, 0.5) is 5.69 Å². The summed E-state index contributed by atoms with van der Waals surface area (Å²) in [5, 5.41) is 6.47. The monoisotopic (exact) mass is 346 g/mol. The number of nitrogens with one attached hydrogen (secondary N) is 3. The Labute approximate surface area is 141 Å². The van der Waals surface area contributed by atoms with Gasteiger partial charge in [-0.25, -0.2) is 0 Å². The molecule has 1 unspecified atom stereocenters. The van der Waals surface area contributed by atoms with Gasteiger partial charge in [0.25, 0.3) is 11.8 Å². The van der Waals surface area contributed by atoms with E-state index < -0.39 is 6.04 Å². The molecule has 0 aromatic heterocycles. The molecule has 22 heavy (non-hydrogen) atoms. The van der Waals surface area contributed by atoms with Crippen molar-refractivity contribution in [2.75, 3.05) is 18.9 Å². The van der Waals surface area contributed by atoms with E-state index in [-0.39, 0.29) is 24.4 Å². The van der Waals surface area contributed by atoms with Crippen LogP contribution in [0, 0.1) is 0 Å². The molecule has 2 atom stereocenters. The van der Waals surface area contributed by atoms with Crippen molar-refractivity contribution in [2.24, 2.45) is 0 Å². The van der Waals surface area contributed by atoms with Crippen LogP contribution in [0.2, 0.25) is 10.0 Å². The Hall–Kier alpha value is -1.30. The summed E-state index contributed by atoms with van der Waals surface area (Å²) in [5.74, 6) is -0.286. The Bertz CT molecular complexity index is 529. The highest BCUT2D eigenvalue weighted by atomic mass is 35.5. The minimum atomic E-state index is -0.393. The van der Waals surface area contributed by atoms with Crippen molar-refractivity contribution in [1.82, 2.24) is 5.32 Å². The van der Waals surface area contributed by atoms with E-state index in [1.54, 1.807) is 32.2 Å². The molecular weight excluding hydrogens is 325 g/mol. The van der Waals surface area contributed by atoms with E-state index in [9.17, 15) is 9.59 Å². The third-order valence-electron chi connectivity index (χ3n) is 3.15. The predicted molar refractivity (Wildman–Crippen MR) is 89.6 cm³/mol. The van der Waals surface area contributed by atoms with Gasteiger partial charge in [0, 0.05) is 21.8 Å². The molecule has 1 aromatic carbocycles. The maximum atomic E-state index is 12.2. The first-order valence-electron chi connectivity index (χ1n) is 7.07. The van der Waals surface area contributed by atoms with Crippen LogP contribution in [0.1, 0.15) is 20.8 Å². The Morgan fingerprint density at radius 2 is 1.68 bits per heavy atom. The molecule has 0 aliphatic heterocycles. The van der Waals surface area contributed by atoms with Crippen LogP contribution >= 0.6 is 23.2 Å². The fourth-order valence-corrected chi connectivity index (χ4v) is 2.41. The summed E-state index contributed by atoms with van der Waals surface area (Å²) in [4.78, 5) is 24.8. The molecule has 5 nitrogen and oxygen atoms in total. The van der Waals surface area contributed by atoms with Crippen molar-refractivity contribution in [1.29, 1.82) is 0 Å². The highest BCUT2D eigenvalue weighted by Crippen LogP contribution is 2.22. The zero-order valence-electron chi connectivity index (χ0n) is 13.2. The number of carbonyl (C=O) groups excluding carboxylic acids is 2. The molecule has 1 aromatic rings. The first-order valence-corrected chi connectivity index (χ1v) is 7.83. The summed E-state index contributed by atoms with van der Waals surface area (Å²) in [6, 6.07) is 4.53. The van der Waals surface area contributed by atoms with E-state index in [2.05, 4.69) is 10.6 Å². The number of hydrogen-bond donors (Lipinski definition) is 3. The largest absolute Gasteiger partial charge is 0.349 e. The van der Waals surface area contributed by atoms with Gasteiger partial charge in [-0.3, -0.25) is 9.59 Å². The normalized spacial score (nSPS) is 13.6. The van der Waals surface area contributed by atoms with Crippen LogP contribution in [0.5, 0.6) is 0 Å². The summed E-state index contributed by atoms with van der Waals surface area (Å²) in [7, 11) is 1.80. The molecule has 0 saturated carbocycles. The quantitative estimate of drug-likeness (QED) is 0.728. The Morgan fingerprint density at radius 1 is 1.14 bits per heavy atom. The van der Waals surface area contributed by atoms with Crippen LogP contribution in [0.15, 0.2) is 18.2 Å². The molecule has 122 valence electrons. The summed E-state index contributed by atoms with van der Waals surface area (Å²) in [6.45, 7) is 5.78. The number of amides is 2. The molecule has 0 spiro atoms. The summed E-state index contributed by atoms with van der Waals surface area (Å²) >= 11 is 11.8. The maximum Gasteiger partial charge on any atom is 0.282 e. The van der Waals surface area contributed by atoms with Crippen molar-refractivity contribution in [3.8, 4) is 0 Å². The van der Waals surface area contributed by atoms with Gasteiger partial charge in [0.05, 0.1) is 7.05 Å². The molecule has 2 amide bonds. The van der Waals surface area contributed by atoms with E-state index in [1.165, 1.54) is 0 Å². The van der Waals surface area contributed by atoms with Gasteiger partial charge in [-0.2, -0.15) is 0 Å². The molecular formula is C15H22Cl2N3O2+. The van der Waals surface area contributed by atoms with Gasteiger partial charge >= 0.3 is 0 Å². The van der Waals surface area contributed by atoms with Crippen LogP contribution in [-0.2, 0) is 9.59 Å². The number of benzene rings is 1. The number of halogens is 2. The topological polar surface area (TPSA) is 62.6 Å². The van der Waals surface area contributed by atoms with E-state index in [4.69, 9.17) is 23.2 Å². The number of quaternary nitrogens is 1. The van der Waals surface area contributed by atoms with Crippen molar-refractivity contribution in [3.63, 3.8) is 0 Å². The zero-order valence-corrected chi connectivity index (χ0v) is 14.7. The summed E-state index contributed by atoms with van der Waals surface area (Å²) in [6.07, 6.45) is 0. The SMILES string of the molecule is CC(C)NC(=O)C[NH+](C)[C@@H](C)C(=O)Nc1cc(Cl)cc(Cl)c1. The number of carbonyl (C=O) groups is 2. The van der Waals surface area contributed by atoms with Crippen molar-refractivity contribution >= 4 is 40.7 Å². The lowest BCUT2D eigenvalue weighted by Crippen LogP contribution is -3.15. The van der Waals surface area contributed by atoms with E-state index in [0.29, 0.717) is 15.7 Å². The predicted octanol–water partition coefficient (Wildman–Crippen LogP) is 1.36. The standard InChI is InChI=1S/C15H21Cl2N3O2/c1-9(2)18-14(21)8-20(4)10(3)15(22)19-13-6-11(16)5-12(17)7-13/h5-7,9-10H,8H2,1-4H3,(H,18,21)(H,19,22)/p+1/t10-/m0/s1. The average molecular weight is 347 g/mol. The first-order chi connectivity index (χ1) is 10.2. The second-order valence-electron chi connectivity index (χ2n) is 5.61. The highest BCUT2D eigenvalue weighted by Gasteiger charge is 2.24. The molecule has 3 N–H and O–H groups in total. The molecule has 0 fully saturated rings. The lowest BCUT2D eigenvalue weighted by molar-refractivity contribution is -0.885. The lowest BCUT2D eigenvalue weighted by Gasteiger charge is -2.21. The van der Waals surface area contributed by atoms with Gasteiger partial charge < -0.3 is 15.5 Å². The van der Waals surface area contributed by atoms with Crippen LogP contribution in [0.3, 0.4) is 0 Å². The smallest absolute Gasteiger partial charge is 0.282 e. The lowest BCUT2D eigenvalue weighted by atomic mass is 10.2. The number of hydrogen-bond acceptors (Lipinski definition) is 2. The van der Waals surface area contributed by atoms with Gasteiger partial charge in [-0.1, -0.05) is 23.2 Å². The minimum absolute atomic E-state index is 0.0815. The maximum absolute atomic E-state index is 12.2. The Balaban J connectivity index is 2.62. The Morgan fingerprint density at radius 3 is 2.18 bits per heavy atom. The molecule has 0 bridgehead atoms. The molecule has 1 rings (SSSR count). The van der Waals surface area contributed by atoms with Crippen LogP contribution in [0.25, 0.3) is 0 Å². The molecule has 0 radical (unpaired) electrons. The fourth-order valence-electron chi connectivity index (χ4n) is 1.88.